The normalized spacial score (nSPS) is 48.3. The number of ether oxygens (including phenoxy) is 1. The van der Waals surface area contributed by atoms with Gasteiger partial charge in [0.05, 0.1) is 0 Å². The highest BCUT2D eigenvalue weighted by Crippen LogP contribution is 2.69. The Morgan fingerprint density at radius 1 is 0.885 bits per heavy atom. The summed E-state index contributed by atoms with van der Waals surface area (Å²) < 4.78 is 44.7. The second-order valence-corrected chi connectivity index (χ2v) is 9.97. The standard InChI is InChI=1S/C21H31F3O2/c1-18-10-5-12-20(18,26-17(25)21(22,23)24)16-8-7-14-6-3-4-11-19(14,2)15(16)9-13-18/h14-16H,3-13H2,1-2H3/t14-,15+,16-,18+,19+,20-/m1/s1. The van der Waals surface area contributed by atoms with Crippen LogP contribution < -0.4 is 0 Å². The predicted molar refractivity (Wildman–Crippen MR) is 92.3 cm³/mol. The van der Waals surface area contributed by atoms with Gasteiger partial charge in [0, 0.05) is 11.3 Å². The Morgan fingerprint density at radius 2 is 1.65 bits per heavy atom. The zero-order valence-electron chi connectivity index (χ0n) is 16.0. The summed E-state index contributed by atoms with van der Waals surface area (Å²) in [5.41, 5.74) is -0.996. The number of hydrogen-bond donors (Lipinski definition) is 0. The SMILES string of the molecule is C[C@]12CCCC[C@@H]1CC[C@@H]1[C@@H]2CC[C@]2(C)CCC[C@@]12OC(=O)C(F)(F)F. The van der Waals surface area contributed by atoms with Gasteiger partial charge in [-0.05, 0) is 75.0 Å². The van der Waals surface area contributed by atoms with Gasteiger partial charge in [0.15, 0.2) is 0 Å². The van der Waals surface area contributed by atoms with Crippen LogP contribution in [-0.2, 0) is 9.53 Å². The van der Waals surface area contributed by atoms with Crippen LogP contribution >= 0.6 is 0 Å². The van der Waals surface area contributed by atoms with Gasteiger partial charge in [-0.2, -0.15) is 13.2 Å². The molecule has 4 aliphatic rings. The van der Waals surface area contributed by atoms with Gasteiger partial charge in [-0.25, -0.2) is 4.79 Å². The molecule has 4 fully saturated rings. The molecule has 5 heteroatoms. The highest BCUT2D eigenvalue weighted by molar-refractivity contribution is 5.76. The van der Waals surface area contributed by atoms with Crippen LogP contribution in [0.5, 0.6) is 0 Å². The molecule has 0 aliphatic heterocycles. The van der Waals surface area contributed by atoms with E-state index in [1.165, 1.54) is 25.7 Å². The summed E-state index contributed by atoms with van der Waals surface area (Å²) in [4.78, 5) is 11.9. The van der Waals surface area contributed by atoms with Crippen molar-refractivity contribution in [1.82, 2.24) is 0 Å². The molecule has 0 bridgehead atoms. The Balaban J connectivity index is 1.71. The highest BCUT2D eigenvalue weighted by Gasteiger charge is 2.67. The van der Waals surface area contributed by atoms with Crippen molar-refractivity contribution < 1.29 is 22.7 Å². The molecule has 26 heavy (non-hydrogen) atoms. The third-order valence-corrected chi connectivity index (χ3v) is 9.02. The summed E-state index contributed by atoms with van der Waals surface area (Å²) >= 11 is 0. The van der Waals surface area contributed by atoms with Crippen molar-refractivity contribution in [3.63, 3.8) is 0 Å². The number of carbonyl (C=O) groups is 1. The van der Waals surface area contributed by atoms with Crippen LogP contribution in [0.4, 0.5) is 13.2 Å². The molecule has 2 nitrogen and oxygen atoms in total. The van der Waals surface area contributed by atoms with Crippen LogP contribution in [0.25, 0.3) is 0 Å². The Labute approximate surface area is 154 Å². The maximum atomic E-state index is 13.1. The largest absolute Gasteiger partial charge is 0.490 e. The third-order valence-electron chi connectivity index (χ3n) is 9.02. The molecule has 0 N–H and O–H groups in total. The minimum Gasteiger partial charge on any atom is -0.452 e. The first kappa shape index (κ1) is 18.6. The predicted octanol–water partition coefficient (Wildman–Crippen LogP) is 6.04. The number of esters is 1. The third kappa shape index (κ3) is 2.47. The van der Waals surface area contributed by atoms with E-state index in [1.54, 1.807) is 0 Å². The van der Waals surface area contributed by atoms with E-state index in [0.29, 0.717) is 18.3 Å². The van der Waals surface area contributed by atoms with Crippen LogP contribution in [0.2, 0.25) is 0 Å². The summed E-state index contributed by atoms with van der Waals surface area (Å²) in [5.74, 6) is -0.788. The number of hydrogen-bond acceptors (Lipinski definition) is 2. The first-order chi connectivity index (χ1) is 12.1. The molecule has 4 aliphatic carbocycles. The average molecular weight is 372 g/mol. The molecule has 0 aromatic heterocycles. The highest BCUT2D eigenvalue weighted by atomic mass is 19.4. The Morgan fingerprint density at radius 3 is 2.38 bits per heavy atom. The Hall–Kier alpha value is -0.740. The van der Waals surface area contributed by atoms with Gasteiger partial charge in [0.25, 0.3) is 0 Å². The van der Waals surface area contributed by atoms with Crippen molar-refractivity contribution in [2.24, 2.45) is 28.6 Å². The Bertz CT molecular complexity index is 588. The van der Waals surface area contributed by atoms with Gasteiger partial charge in [-0.15, -0.1) is 0 Å². The number of fused-ring (bicyclic) bond motifs is 5. The van der Waals surface area contributed by atoms with Gasteiger partial charge in [-0.3, -0.25) is 0 Å². The second-order valence-electron chi connectivity index (χ2n) is 9.97. The first-order valence-corrected chi connectivity index (χ1v) is 10.4. The maximum absolute atomic E-state index is 13.1. The van der Waals surface area contributed by atoms with E-state index >= 15 is 0 Å². The fraction of sp³-hybridized carbons (Fsp3) is 0.952. The second kappa shape index (κ2) is 5.88. The number of halogens is 3. The molecule has 148 valence electrons. The van der Waals surface area contributed by atoms with E-state index in [-0.39, 0.29) is 16.7 Å². The van der Waals surface area contributed by atoms with Gasteiger partial charge in [-0.1, -0.05) is 26.7 Å². The van der Waals surface area contributed by atoms with Crippen molar-refractivity contribution in [1.29, 1.82) is 0 Å². The molecule has 0 radical (unpaired) electrons. The molecule has 0 aromatic rings. The van der Waals surface area contributed by atoms with E-state index in [2.05, 4.69) is 13.8 Å². The van der Waals surface area contributed by atoms with Crippen molar-refractivity contribution in [3.8, 4) is 0 Å². The smallest absolute Gasteiger partial charge is 0.452 e. The maximum Gasteiger partial charge on any atom is 0.490 e. The van der Waals surface area contributed by atoms with Gasteiger partial charge in [0.2, 0.25) is 0 Å². The Kier molecular flexibility index (Phi) is 4.21. The topological polar surface area (TPSA) is 26.3 Å². The fourth-order valence-electron chi connectivity index (χ4n) is 7.69. The van der Waals surface area contributed by atoms with Gasteiger partial charge >= 0.3 is 12.1 Å². The quantitative estimate of drug-likeness (QED) is 0.525. The number of rotatable bonds is 1. The first-order valence-electron chi connectivity index (χ1n) is 10.4. The van der Waals surface area contributed by atoms with Crippen LogP contribution in [0.1, 0.15) is 84.5 Å². The lowest BCUT2D eigenvalue weighted by Crippen LogP contribution is -2.63. The molecule has 0 saturated heterocycles. The average Bonchev–Trinajstić information content (AvgIpc) is 2.90. The molecule has 0 heterocycles. The van der Waals surface area contributed by atoms with Crippen LogP contribution in [0.3, 0.4) is 0 Å². The molecule has 4 saturated carbocycles. The number of carbonyl (C=O) groups excluding carboxylic acids is 1. The van der Waals surface area contributed by atoms with Crippen LogP contribution in [0.15, 0.2) is 0 Å². The summed E-state index contributed by atoms with van der Waals surface area (Å²) in [5, 5.41) is 0. The van der Waals surface area contributed by atoms with Crippen molar-refractivity contribution in [2.45, 2.75) is 96.3 Å². The minimum atomic E-state index is -4.91. The summed E-state index contributed by atoms with van der Waals surface area (Å²) in [6.07, 6.45) is 6.36. The van der Waals surface area contributed by atoms with Gasteiger partial charge in [0.1, 0.15) is 5.60 Å². The lowest BCUT2D eigenvalue weighted by Gasteiger charge is -2.63. The van der Waals surface area contributed by atoms with Gasteiger partial charge < -0.3 is 4.74 Å². The fourth-order valence-corrected chi connectivity index (χ4v) is 7.69. The zero-order chi connectivity index (χ0) is 18.8. The lowest BCUT2D eigenvalue weighted by molar-refractivity contribution is -0.252. The number of alkyl halides is 3. The van der Waals surface area contributed by atoms with E-state index in [9.17, 15) is 18.0 Å². The summed E-state index contributed by atoms with van der Waals surface area (Å²) in [6.45, 7) is 4.46. The summed E-state index contributed by atoms with van der Waals surface area (Å²) in [6, 6.07) is 0. The van der Waals surface area contributed by atoms with Crippen LogP contribution in [0, 0.1) is 28.6 Å². The molecule has 4 rings (SSSR count). The lowest BCUT2D eigenvalue weighted by atomic mass is 9.44. The molecule has 0 aromatic carbocycles. The molecule has 0 amide bonds. The van der Waals surface area contributed by atoms with E-state index < -0.39 is 17.7 Å². The van der Waals surface area contributed by atoms with Crippen molar-refractivity contribution in [2.75, 3.05) is 0 Å². The van der Waals surface area contributed by atoms with E-state index in [1.807, 2.05) is 0 Å². The van der Waals surface area contributed by atoms with Crippen molar-refractivity contribution >= 4 is 5.97 Å². The molecular formula is C21H31F3O2. The molecular weight excluding hydrogens is 341 g/mol. The monoisotopic (exact) mass is 372 g/mol. The van der Waals surface area contributed by atoms with Crippen LogP contribution in [-0.4, -0.2) is 17.7 Å². The summed E-state index contributed by atoms with van der Waals surface area (Å²) in [7, 11) is 0. The van der Waals surface area contributed by atoms with Crippen molar-refractivity contribution in [3.05, 3.63) is 0 Å². The minimum absolute atomic E-state index is 0.0920. The molecule has 6 atom stereocenters. The zero-order valence-corrected chi connectivity index (χ0v) is 16.0. The molecule has 0 spiro atoms. The van der Waals surface area contributed by atoms with E-state index in [0.717, 1.165) is 38.5 Å². The molecule has 0 unspecified atom stereocenters. The van der Waals surface area contributed by atoms with E-state index in [4.69, 9.17) is 4.74 Å².